The van der Waals surface area contributed by atoms with Crippen molar-refractivity contribution in [3.8, 4) is 0 Å². The highest BCUT2D eigenvalue weighted by molar-refractivity contribution is 4.88. The Hall–Kier alpha value is -0.160. The number of hydrogen-bond donors (Lipinski definition) is 2. The summed E-state index contributed by atoms with van der Waals surface area (Å²) in [7, 11) is 1.97. The molecule has 2 aliphatic rings. The van der Waals surface area contributed by atoms with Gasteiger partial charge in [0.15, 0.2) is 0 Å². The van der Waals surface area contributed by atoms with Gasteiger partial charge < -0.3 is 15.3 Å². The largest absolute Gasteiger partial charge is 0.394 e. The predicted molar refractivity (Wildman–Crippen MR) is 84.1 cm³/mol. The monoisotopic (exact) mass is 283 g/mol. The van der Waals surface area contributed by atoms with Crippen molar-refractivity contribution < 1.29 is 5.11 Å². The van der Waals surface area contributed by atoms with Crippen molar-refractivity contribution in [3.63, 3.8) is 0 Å². The van der Waals surface area contributed by atoms with E-state index in [4.69, 9.17) is 0 Å². The third-order valence-electron chi connectivity index (χ3n) is 5.54. The number of rotatable bonds is 8. The van der Waals surface area contributed by atoms with Crippen LogP contribution < -0.4 is 5.32 Å². The van der Waals surface area contributed by atoms with E-state index in [0.717, 1.165) is 18.9 Å². The normalized spacial score (nSPS) is 28.1. The first-order chi connectivity index (χ1) is 9.73. The van der Waals surface area contributed by atoms with E-state index in [1.54, 1.807) is 0 Å². The van der Waals surface area contributed by atoms with Crippen LogP contribution >= 0.6 is 0 Å². The molecule has 0 aromatic heterocycles. The first-order valence-corrected chi connectivity index (χ1v) is 8.49. The smallest absolute Gasteiger partial charge is 0.0613 e. The number of likely N-dealkylation sites (N-methyl/N-ethyl adjacent to an activating group) is 1. The average Bonchev–Trinajstić information content (AvgIpc) is 3.15. The van der Waals surface area contributed by atoms with Gasteiger partial charge in [-0.2, -0.15) is 0 Å². The maximum Gasteiger partial charge on any atom is 0.0613 e. The molecule has 118 valence electrons. The lowest BCUT2D eigenvalue weighted by atomic mass is 9.91. The second-order valence-corrected chi connectivity index (χ2v) is 6.63. The molecule has 2 aliphatic heterocycles. The van der Waals surface area contributed by atoms with Gasteiger partial charge in [0, 0.05) is 18.1 Å². The zero-order chi connectivity index (χ0) is 14.4. The van der Waals surface area contributed by atoms with Crippen molar-refractivity contribution in [3.05, 3.63) is 0 Å². The molecule has 2 rings (SSSR count). The quantitative estimate of drug-likeness (QED) is 0.704. The van der Waals surface area contributed by atoms with Gasteiger partial charge in [-0.15, -0.1) is 0 Å². The molecule has 0 saturated carbocycles. The van der Waals surface area contributed by atoms with Gasteiger partial charge in [-0.25, -0.2) is 0 Å². The summed E-state index contributed by atoms with van der Waals surface area (Å²) >= 11 is 0. The highest BCUT2D eigenvalue weighted by Crippen LogP contribution is 2.22. The number of likely N-dealkylation sites (tertiary alicyclic amines) is 2. The van der Waals surface area contributed by atoms with E-state index >= 15 is 0 Å². The Bertz CT molecular complexity index is 267. The minimum Gasteiger partial charge on any atom is -0.394 e. The summed E-state index contributed by atoms with van der Waals surface area (Å²) in [6.45, 7) is 8.76. The highest BCUT2D eigenvalue weighted by atomic mass is 16.3. The summed E-state index contributed by atoms with van der Waals surface area (Å²) < 4.78 is 0. The highest BCUT2D eigenvalue weighted by Gasteiger charge is 2.30. The Balaban J connectivity index is 1.67. The molecular weight excluding hydrogens is 250 g/mol. The van der Waals surface area contributed by atoms with E-state index in [2.05, 4.69) is 22.0 Å². The van der Waals surface area contributed by atoms with Crippen molar-refractivity contribution in [2.45, 2.75) is 57.0 Å². The molecule has 2 fully saturated rings. The maximum absolute atomic E-state index is 9.57. The molecule has 4 nitrogen and oxygen atoms in total. The lowest BCUT2D eigenvalue weighted by molar-refractivity contribution is 0.146. The van der Waals surface area contributed by atoms with Crippen LogP contribution in [0.2, 0.25) is 0 Å². The fraction of sp³-hybridized carbons (Fsp3) is 1.00. The van der Waals surface area contributed by atoms with Crippen molar-refractivity contribution in [1.29, 1.82) is 0 Å². The molecule has 0 spiro atoms. The number of nitrogens with one attached hydrogen (secondary N) is 1. The van der Waals surface area contributed by atoms with Gasteiger partial charge in [0.1, 0.15) is 0 Å². The fourth-order valence-electron chi connectivity index (χ4n) is 3.81. The van der Waals surface area contributed by atoms with Crippen LogP contribution in [-0.2, 0) is 0 Å². The molecule has 0 aliphatic carbocycles. The molecule has 4 heteroatoms. The van der Waals surface area contributed by atoms with Crippen molar-refractivity contribution in [1.82, 2.24) is 15.1 Å². The molecule has 0 aromatic rings. The topological polar surface area (TPSA) is 38.7 Å². The summed E-state index contributed by atoms with van der Waals surface area (Å²) in [6, 6.07) is 0.815. The first-order valence-electron chi connectivity index (χ1n) is 8.49. The minimum atomic E-state index is -0.0614. The van der Waals surface area contributed by atoms with E-state index in [9.17, 15) is 5.11 Å². The first kappa shape index (κ1) is 16.2. The van der Waals surface area contributed by atoms with Gasteiger partial charge in [0.05, 0.1) is 6.61 Å². The van der Waals surface area contributed by atoms with Crippen LogP contribution in [0.4, 0.5) is 0 Å². The third-order valence-corrected chi connectivity index (χ3v) is 5.54. The van der Waals surface area contributed by atoms with Gasteiger partial charge in [-0.3, -0.25) is 4.90 Å². The van der Waals surface area contributed by atoms with Gasteiger partial charge in [-0.05, 0) is 71.8 Å². The SMILES string of the molecule is CCC(CO)(CCCN1CCC(N2CCCC2)C1)NC. The minimum absolute atomic E-state index is 0.0614. The molecule has 0 bridgehead atoms. The molecule has 2 N–H and O–H groups in total. The zero-order valence-corrected chi connectivity index (χ0v) is 13.4. The van der Waals surface area contributed by atoms with E-state index < -0.39 is 0 Å². The Labute approximate surface area is 124 Å². The zero-order valence-electron chi connectivity index (χ0n) is 13.4. The summed E-state index contributed by atoms with van der Waals surface area (Å²) in [4.78, 5) is 5.31. The summed E-state index contributed by atoms with van der Waals surface area (Å²) in [5, 5.41) is 12.9. The van der Waals surface area contributed by atoms with Crippen LogP contribution in [-0.4, -0.2) is 72.9 Å². The van der Waals surface area contributed by atoms with Crippen LogP contribution in [0.3, 0.4) is 0 Å². The van der Waals surface area contributed by atoms with Gasteiger partial charge in [0.25, 0.3) is 0 Å². The Morgan fingerprint density at radius 2 is 2.00 bits per heavy atom. The standard InChI is InChI=1S/C16H33N3O/c1-3-16(14-20,17-2)8-6-9-18-12-7-15(13-18)19-10-4-5-11-19/h15,17,20H,3-14H2,1-2H3. The second-order valence-electron chi connectivity index (χ2n) is 6.63. The lowest BCUT2D eigenvalue weighted by Crippen LogP contribution is -2.46. The fourth-order valence-corrected chi connectivity index (χ4v) is 3.81. The van der Waals surface area contributed by atoms with E-state index in [1.165, 1.54) is 58.4 Å². The summed E-state index contributed by atoms with van der Waals surface area (Å²) in [6.07, 6.45) is 7.40. The Morgan fingerprint density at radius 1 is 1.25 bits per heavy atom. The van der Waals surface area contributed by atoms with Crippen LogP contribution in [0.5, 0.6) is 0 Å². The van der Waals surface area contributed by atoms with Crippen molar-refractivity contribution in [2.24, 2.45) is 0 Å². The van der Waals surface area contributed by atoms with Gasteiger partial charge in [-0.1, -0.05) is 6.92 Å². The third kappa shape index (κ3) is 3.94. The van der Waals surface area contributed by atoms with E-state index in [1.807, 2.05) is 7.05 Å². The molecule has 2 unspecified atom stereocenters. The van der Waals surface area contributed by atoms with E-state index in [-0.39, 0.29) is 12.1 Å². The Kier molecular flexibility index (Phi) is 6.27. The van der Waals surface area contributed by atoms with Gasteiger partial charge in [0.2, 0.25) is 0 Å². The molecule has 0 radical (unpaired) electrons. The van der Waals surface area contributed by atoms with Crippen molar-refractivity contribution >= 4 is 0 Å². The van der Waals surface area contributed by atoms with E-state index in [0.29, 0.717) is 0 Å². The van der Waals surface area contributed by atoms with Crippen molar-refractivity contribution in [2.75, 3.05) is 46.4 Å². The lowest BCUT2D eigenvalue weighted by Gasteiger charge is -2.31. The molecule has 0 amide bonds. The van der Waals surface area contributed by atoms with Gasteiger partial charge >= 0.3 is 0 Å². The second kappa shape index (κ2) is 7.74. The Morgan fingerprint density at radius 3 is 2.60 bits per heavy atom. The molecule has 2 heterocycles. The molecule has 2 atom stereocenters. The number of hydrogen-bond acceptors (Lipinski definition) is 4. The molecule has 2 saturated heterocycles. The van der Waals surface area contributed by atoms with Crippen LogP contribution in [0.1, 0.15) is 45.4 Å². The average molecular weight is 283 g/mol. The maximum atomic E-state index is 9.57. The number of aliphatic hydroxyl groups is 1. The molecule has 20 heavy (non-hydrogen) atoms. The summed E-state index contributed by atoms with van der Waals surface area (Å²) in [5.74, 6) is 0. The van der Waals surface area contributed by atoms with Crippen LogP contribution in [0.25, 0.3) is 0 Å². The molecular formula is C16H33N3O. The molecule has 0 aromatic carbocycles. The van der Waals surface area contributed by atoms with Crippen LogP contribution in [0.15, 0.2) is 0 Å². The summed E-state index contributed by atoms with van der Waals surface area (Å²) in [5.41, 5.74) is -0.0614. The number of nitrogens with zero attached hydrogens (tertiary/aromatic N) is 2. The predicted octanol–water partition coefficient (Wildman–Crippen LogP) is 1.30. The number of aliphatic hydroxyl groups excluding tert-OH is 1. The van der Waals surface area contributed by atoms with Crippen LogP contribution in [0, 0.1) is 0 Å².